The van der Waals surface area contributed by atoms with E-state index in [1.54, 1.807) is 54.6 Å². The maximum absolute atomic E-state index is 12.9. The number of nitrogens with one attached hydrogen (secondary N) is 1. The minimum Gasteiger partial charge on any atom is -0.447 e. The summed E-state index contributed by atoms with van der Waals surface area (Å²) in [6.45, 7) is 0. The molecule has 0 saturated carbocycles. The molecule has 1 atom stereocenters. The van der Waals surface area contributed by atoms with Crippen molar-refractivity contribution < 1.29 is 27.5 Å². The molecule has 7 heteroatoms. The Kier molecular flexibility index (Phi) is 6.51. The Morgan fingerprint density at radius 1 is 0.867 bits per heavy atom. The van der Waals surface area contributed by atoms with Gasteiger partial charge in [0.2, 0.25) is 6.10 Å². The second kappa shape index (κ2) is 9.26. The van der Waals surface area contributed by atoms with Gasteiger partial charge in [0.1, 0.15) is 0 Å². The number of alkyl halides is 3. The first-order valence-electron chi connectivity index (χ1n) is 9.09. The fraction of sp³-hybridized carbons (Fsp3) is 0.130. The molecule has 1 N–H and O–H groups in total. The van der Waals surface area contributed by atoms with Crippen LogP contribution in [0, 0.1) is 0 Å². The van der Waals surface area contributed by atoms with Crippen molar-refractivity contribution in [3.63, 3.8) is 0 Å². The molecule has 3 aromatic carbocycles. The number of esters is 1. The quantitative estimate of drug-likeness (QED) is 0.567. The van der Waals surface area contributed by atoms with Crippen molar-refractivity contribution in [1.82, 2.24) is 0 Å². The molecule has 0 heterocycles. The summed E-state index contributed by atoms with van der Waals surface area (Å²) < 4.78 is 44.2. The van der Waals surface area contributed by atoms with Gasteiger partial charge in [0.05, 0.1) is 12.0 Å². The Bertz CT molecular complexity index is 1000. The monoisotopic (exact) mass is 413 g/mol. The largest absolute Gasteiger partial charge is 0.447 e. The van der Waals surface area contributed by atoms with Gasteiger partial charge in [-0.1, -0.05) is 66.7 Å². The maximum atomic E-state index is 12.9. The fourth-order valence-electron chi connectivity index (χ4n) is 2.82. The van der Waals surface area contributed by atoms with Gasteiger partial charge < -0.3 is 10.1 Å². The predicted octanol–water partition coefficient (Wildman–Crippen LogP) is 5.17. The lowest BCUT2D eigenvalue weighted by molar-refractivity contribution is -0.154. The Balaban J connectivity index is 1.79. The SMILES string of the molecule is O=C(Cc1ccccc1)O[C@@H](C(=O)Nc1cccc(C(F)(F)F)c1)c1ccccc1. The molecular formula is C23H18F3NO3. The molecule has 0 aromatic heterocycles. The number of rotatable bonds is 6. The van der Waals surface area contributed by atoms with Crippen molar-refractivity contribution in [2.45, 2.75) is 18.7 Å². The third kappa shape index (κ3) is 5.70. The number of amides is 1. The first-order valence-corrected chi connectivity index (χ1v) is 9.09. The van der Waals surface area contributed by atoms with Crippen molar-refractivity contribution in [2.24, 2.45) is 0 Å². The van der Waals surface area contributed by atoms with Crippen LogP contribution in [0.5, 0.6) is 0 Å². The standard InChI is InChI=1S/C23H18F3NO3/c24-23(25,26)18-12-7-13-19(15-18)27-22(29)21(17-10-5-2-6-11-17)30-20(28)14-16-8-3-1-4-9-16/h1-13,15,21H,14H2,(H,27,29)/t21-/m1/s1. The molecule has 30 heavy (non-hydrogen) atoms. The molecule has 0 aliphatic heterocycles. The van der Waals surface area contributed by atoms with Crippen molar-refractivity contribution >= 4 is 17.6 Å². The molecule has 154 valence electrons. The summed E-state index contributed by atoms with van der Waals surface area (Å²) in [6, 6.07) is 21.4. The molecule has 0 unspecified atom stereocenters. The fourth-order valence-corrected chi connectivity index (χ4v) is 2.82. The summed E-state index contributed by atoms with van der Waals surface area (Å²) in [6.07, 6.45) is -5.89. The van der Waals surface area contributed by atoms with Crippen LogP contribution < -0.4 is 5.32 Å². The van der Waals surface area contributed by atoms with Gasteiger partial charge >= 0.3 is 12.1 Å². The van der Waals surface area contributed by atoms with Gasteiger partial charge in [-0.25, -0.2) is 0 Å². The van der Waals surface area contributed by atoms with Crippen LogP contribution in [0.15, 0.2) is 84.9 Å². The van der Waals surface area contributed by atoms with E-state index >= 15 is 0 Å². The lowest BCUT2D eigenvalue weighted by Gasteiger charge is -2.18. The van der Waals surface area contributed by atoms with E-state index in [1.807, 2.05) is 6.07 Å². The molecule has 0 bridgehead atoms. The second-order valence-electron chi connectivity index (χ2n) is 6.51. The normalized spacial score (nSPS) is 12.1. The topological polar surface area (TPSA) is 55.4 Å². The summed E-state index contributed by atoms with van der Waals surface area (Å²) in [5, 5.41) is 2.41. The molecule has 0 spiro atoms. The van der Waals surface area contributed by atoms with E-state index < -0.39 is 29.7 Å². The summed E-state index contributed by atoms with van der Waals surface area (Å²) in [7, 11) is 0. The van der Waals surface area contributed by atoms with Crippen LogP contribution in [0.4, 0.5) is 18.9 Å². The Labute approximate surface area is 171 Å². The zero-order valence-corrected chi connectivity index (χ0v) is 15.7. The number of hydrogen-bond acceptors (Lipinski definition) is 3. The van der Waals surface area contributed by atoms with Crippen LogP contribution in [0.2, 0.25) is 0 Å². The average molecular weight is 413 g/mol. The van der Waals surface area contributed by atoms with Crippen molar-refractivity contribution in [2.75, 3.05) is 5.32 Å². The van der Waals surface area contributed by atoms with E-state index in [-0.39, 0.29) is 12.1 Å². The molecule has 0 aliphatic carbocycles. The van der Waals surface area contributed by atoms with Gasteiger partial charge in [-0.05, 0) is 23.8 Å². The van der Waals surface area contributed by atoms with Crippen LogP contribution in [-0.2, 0) is 26.9 Å². The van der Waals surface area contributed by atoms with E-state index in [4.69, 9.17) is 4.74 Å². The number of anilines is 1. The van der Waals surface area contributed by atoms with Crippen LogP contribution in [0.25, 0.3) is 0 Å². The molecule has 0 saturated heterocycles. The highest BCUT2D eigenvalue weighted by Crippen LogP contribution is 2.31. The van der Waals surface area contributed by atoms with Gasteiger partial charge in [0, 0.05) is 11.3 Å². The summed E-state index contributed by atoms with van der Waals surface area (Å²) in [5.41, 5.74) is 0.184. The predicted molar refractivity (Wildman–Crippen MR) is 105 cm³/mol. The van der Waals surface area contributed by atoms with Crippen molar-refractivity contribution in [1.29, 1.82) is 0 Å². The number of carbonyl (C=O) groups excluding carboxylic acids is 2. The zero-order chi connectivity index (χ0) is 21.6. The van der Waals surface area contributed by atoms with Crippen molar-refractivity contribution in [3.8, 4) is 0 Å². The molecule has 1 amide bonds. The molecule has 0 radical (unpaired) electrons. The second-order valence-corrected chi connectivity index (χ2v) is 6.51. The van der Waals surface area contributed by atoms with Gasteiger partial charge in [0.25, 0.3) is 5.91 Å². The third-order valence-corrected chi connectivity index (χ3v) is 4.24. The summed E-state index contributed by atoms with van der Waals surface area (Å²) in [4.78, 5) is 25.2. The molecule has 3 rings (SSSR count). The van der Waals surface area contributed by atoms with Gasteiger partial charge in [-0.3, -0.25) is 9.59 Å². The van der Waals surface area contributed by atoms with Crippen molar-refractivity contribution in [3.05, 3.63) is 102 Å². The molecular weight excluding hydrogens is 395 g/mol. The Hall–Kier alpha value is -3.61. The van der Waals surface area contributed by atoms with E-state index in [9.17, 15) is 22.8 Å². The van der Waals surface area contributed by atoms with Gasteiger partial charge in [-0.15, -0.1) is 0 Å². The lowest BCUT2D eigenvalue weighted by atomic mass is 10.1. The summed E-state index contributed by atoms with van der Waals surface area (Å²) >= 11 is 0. The van der Waals surface area contributed by atoms with Crippen LogP contribution in [0.3, 0.4) is 0 Å². The van der Waals surface area contributed by atoms with Gasteiger partial charge in [-0.2, -0.15) is 13.2 Å². The Morgan fingerprint density at radius 3 is 2.13 bits per heavy atom. The number of ether oxygens (including phenoxy) is 1. The van der Waals surface area contributed by atoms with Crippen LogP contribution in [-0.4, -0.2) is 11.9 Å². The van der Waals surface area contributed by atoms with Crippen LogP contribution in [0.1, 0.15) is 22.8 Å². The van der Waals surface area contributed by atoms with E-state index in [2.05, 4.69) is 5.32 Å². The van der Waals surface area contributed by atoms with Gasteiger partial charge in [0.15, 0.2) is 0 Å². The lowest BCUT2D eigenvalue weighted by Crippen LogP contribution is -2.26. The average Bonchev–Trinajstić information content (AvgIpc) is 2.73. The number of carbonyl (C=O) groups is 2. The Morgan fingerprint density at radius 2 is 1.50 bits per heavy atom. The van der Waals surface area contributed by atoms with Crippen LogP contribution >= 0.6 is 0 Å². The first kappa shape index (κ1) is 21.1. The highest BCUT2D eigenvalue weighted by atomic mass is 19.4. The number of benzene rings is 3. The molecule has 3 aromatic rings. The maximum Gasteiger partial charge on any atom is 0.416 e. The summed E-state index contributed by atoms with van der Waals surface area (Å²) in [5.74, 6) is -1.38. The molecule has 4 nitrogen and oxygen atoms in total. The minimum atomic E-state index is -4.54. The smallest absolute Gasteiger partial charge is 0.416 e. The highest BCUT2D eigenvalue weighted by molar-refractivity contribution is 5.96. The molecule has 0 fully saturated rings. The minimum absolute atomic E-state index is 0.0407. The van der Waals surface area contributed by atoms with E-state index in [1.165, 1.54) is 12.1 Å². The number of hydrogen-bond donors (Lipinski definition) is 1. The molecule has 0 aliphatic rings. The number of halogens is 3. The first-order chi connectivity index (χ1) is 14.3. The van der Waals surface area contributed by atoms with E-state index in [0.717, 1.165) is 12.1 Å². The van der Waals surface area contributed by atoms with E-state index in [0.29, 0.717) is 11.1 Å². The third-order valence-electron chi connectivity index (χ3n) is 4.24. The zero-order valence-electron chi connectivity index (χ0n) is 15.7. The highest BCUT2D eigenvalue weighted by Gasteiger charge is 2.31.